The second kappa shape index (κ2) is 9.35. The number of benzene rings is 1. The number of nitrogens with zero attached hydrogens (tertiary/aromatic N) is 2. The predicted molar refractivity (Wildman–Crippen MR) is 86.2 cm³/mol. The highest BCUT2D eigenvalue weighted by Gasteiger charge is 2.20. The SMILES string of the molecule is CC(C)[C@@H]([NH3+])C(=O)NN=Cc1ccc2ncccc2c1.Cl.[Cl-]. The number of quaternary nitrogens is 1. The Hall–Kier alpha value is -1.69. The van der Waals surface area contributed by atoms with Crippen molar-refractivity contribution in [1.82, 2.24) is 10.4 Å². The molecule has 1 aromatic heterocycles. The summed E-state index contributed by atoms with van der Waals surface area (Å²) in [6, 6.07) is 9.39. The van der Waals surface area contributed by atoms with Crippen molar-refractivity contribution in [3.05, 3.63) is 42.1 Å². The molecule has 1 heterocycles. The number of amides is 1. The van der Waals surface area contributed by atoms with Gasteiger partial charge in [0.05, 0.1) is 11.7 Å². The molecule has 120 valence electrons. The minimum atomic E-state index is -0.298. The molecule has 0 unspecified atom stereocenters. The molecule has 1 atom stereocenters. The van der Waals surface area contributed by atoms with Crippen LogP contribution >= 0.6 is 12.4 Å². The van der Waals surface area contributed by atoms with Gasteiger partial charge in [0, 0.05) is 17.5 Å². The molecule has 5 nitrogen and oxygen atoms in total. The standard InChI is InChI=1S/C15H18N4O.2ClH/c1-10(2)14(16)15(20)19-18-9-11-5-6-13-12(8-11)4-3-7-17-13;;/h3-10,14H,16H2,1-2H3,(H,19,20);2*1H/t14-;;/m1../s1. The van der Waals surface area contributed by atoms with Crippen molar-refractivity contribution in [1.29, 1.82) is 0 Å². The molecule has 0 saturated heterocycles. The van der Waals surface area contributed by atoms with Crippen LogP contribution in [-0.2, 0) is 4.79 Å². The lowest BCUT2D eigenvalue weighted by Crippen LogP contribution is -3.00. The van der Waals surface area contributed by atoms with E-state index in [0.717, 1.165) is 16.5 Å². The summed E-state index contributed by atoms with van der Waals surface area (Å²) < 4.78 is 0. The van der Waals surface area contributed by atoms with Gasteiger partial charge in [-0.15, -0.1) is 12.4 Å². The fraction of sp³-hybridized carbons (Fsp3) is 0.267. The van der Waals surface area contributed by atoms with E-state index < -0.39 is 0 Å². The maximum atomic E-state index is 11.7. The van der Waals surface area contributed by atoms with Crippen LogP contribution in [0.5, 0.6) is 0 Å². The van der Waals surface area contributed by atoms with E-state index in [4.69, 9.17) is 0 Å². The molecule has 2 aromatic rings. The van der Waals surface area contributed by atoms with Gasteiger partial charge in [-0.05, 0) is 23.8 Å². The Morgan fingerprint density at radius 1 is 1.36 bits per heavy atom. The van der Waals surface area contributed by atoms with Gasteiger partial charge in [-0.3, -0.25) is 9.78 Å². The first-order valence-electron chi connectivity index (χ1n) is 6.58. The summed E-state index contributed by atoms with van der Waals surface area (Å²) in [5.74, 6) is 0.0237. The van der Waals surface area contributed by atoms with Gasteiger partial charge in [0.15, 0.2) is 6.04 Å². The van der Waals surface area contributed by atoms with Crippen LogP contribution in [0, 0.1) is 5.92 Å². The molecule has 0 saturated carbocycles. The number of fused-ring (bicyclic) bond motifs is 1. The summed E-state index contributed by atoms with van der Waals surface area (Å²) in [6.45, 7) is 3.91. The van der Waals surface area contributed by atoms with Gasteiger partial charge in [-0.1, -0.05) is 26.0 Å². The topological polar surface area (TPSA) is 82.0 Å². The van der Waals surface area contributed by atoms with Crippen molar-refractivity contribution in [2.45, 2.75) is 19.9 Å². The number of hydrogen-bond donors (Lipinski definition) is 2. The Labute approximate surface area is 142 Å². The van der Waals surface area contributed by atoms with E-state index in [9.17, 15) is 4.79 Å². The van der Waals surface area contributed by atoms with Gasteiger partial charge in [0.25, 0.3) is 5.91 Å². The Morgan fingerprint density at radius 3 is 2.77 bits per heavy atom. The smallest absolute Gasteiger partial charge is 0.298 e. The Balaban J connectivity index is 0.00000220. The molecule has 1 amide bonds. The van der Waals surface area contributed by atoms with Gasteiger partial charge in [-0.25, -0.2) is 5.43 Å². The number of hydrogen-bond acceptors (Lipinski definition) is 3. The predicted octanol–water partition coefficient (Wildman–Crippen LogP) is -1.62. The summed E-state index contributed by atoms with van der Waals surface area (Å²) in [6.07, 6.45) is 3.38. The third-order valence-electron chi connectivity index (χ3n) is 3.16. The molecule has 0 aliphatic carbocycles. The minimum Gasteiger partial charge on any atom is -1.00 e. The molecule has 0 aliphatic rings. The van der Waals surface area contributed by atoms with Crippen LogP contribution in [0.3, 0.4) is 0 Å². The quantitative estimate of drug-likeness (QED) is 0.517. The average molecular weight is 343 g/mol. The molecular weight excluding hydrogens is 323 g/mol. The van der Waals surface area contributed by atoms with Gasteiger partial charge in [0.1, 0.15) is 0 Å². The fourth-order valence-electron chi connectivity index (χ4n) is 1.73. The number of carbonyl (C=O) groups is 1. The molecule has 4 N–H and O–H groups in total. The zero-order valence-corrected chi connectivity index (χ0v) is 14.1. The van der Waals surface area contributed by atoms with Gasteiger partial charge in [0.2, 0.25) is 0 Å². The number of nitrogens with one attached hydrogen (secondary N) is 1. The van der Waals surface area contributed by atoms with Crippen LogP contribution in [0.4, 0.5) is 0 Å². The molecule has 0 aliphatic heterocycles. The number of pyridine rings is 1. The highest BCUT2D eigenvalue weighted by atomic mass is 35.5. The maximum Gasteiger partial charge on any atom is 0.298 e. The zero-order chi connectivity index (χ0) is 14.5. The maximum absolute atomic E-state index is 11.7. The van der Waals surface area contributed by atoms with E-state index in [-0.39, 0.29) is 42.7 Å². The molecule has 0 radical (unpaired) electrons. The van der Waals surface area contributed by atoms with E-state index in [1.807, 2.05) is 44.2 Å². The first-order valence-corrected chi connectivity index (χ1v) is 6.58. The van der Waals surface area contributed by atoms with E-state index in [1.54, 1.807) is 12.4 Å². The largest absolute Gasteiger partial charge is 1.00 e. The van der Waals surface area contributed by atoms with E-state index in [1.165, 1.54) is 0 Å². The lowest BCUT2D eigenvalue weighted by atomic mass is 10.1. The van der Waals surface area contributed by atoms with Crippen molar-refractivity contribution in [2.75, 3.05) is 0 Å². The van der Waals surface area contributed by atoms with Crippen LogP contribution < -0.4 is 23.6 Å². The van der Waals surface area contributed by atoms with E-state index in [2.05, 4.69) is 21.2 Å². The van der Waals surface area contributed by atoms with Gasteiger partial charge >= 0.3 is 0 Å². The van der Waals surface area contributed by atoms with Crippen LogP contribution in [0.1, 0.15) is 19.4 Å². The van der Waals surface area contributed by atoms with E-state index >= 15 is 0 Å². The molecule has 22 heavy (non-hydrogen) atoms. The third kappa shape index (κ3) is 5.26. The average Bonchev–Trinajstić information content (AvgIpc) is 2.46. The van der Waals surface area contributed by atoms with Crippen molar-refractivity contribution in [3.63, 3.8) is 0 Å². The molecule has 0 spiro atoms. The number of carbonyl (C=O) groups excluding carboxylic acids is 1. The summed E-state index contributed by atoms with van der Waals surface area (Å²) >= 11 is 0. The Bertz CT molecular complexity index is 646. The Morgan fingerprint density at radius 2 is 2.09 bits per heavy atom. The number of aromatic nitrogens is 1. The summed E-state index contributed by atoms with van der Waals surface area (Å²) in [5.41, 5.74) is 8.17. The molecular formula is C15H20Cl2N4O. The van der Waals surface area contributed by atoms with Crippen LogP contribution in [-0.4, -0.2) is 23.1 Å². The van der Waals surface area contributed by atoms with Gasteiger partial charge < -0.3 is 18.1 Å². The van der Waals surface area contributed by atoms with Gasteiger partial charge in [-0.2, -0.15) is 5.10 Å². The van der Waals surface area contributed by atoms with Crippen LogP contribution in [0.2, 0.25) is 0 Å². The highest BCUT2D eigenvalue weighted by molar-refractivity contribution is 5.89. The fourth-order valence-corrected chi connectivity index (χ4v) is 1.73. The number of rotatable bonds is 4. The molecule has 7 heteroatoms. The summed E-state index contributed by atoms with van der Waals surface area (Å²) in [5, 5.41) is 5.01. The monoisotopic (exact) mass is 342 g/mol. The summed E-state index contributed by atoms with van der Waals surface area (Å²) in [7, 11) is 0. The highest BCUT2D eigenvalue weighted by Crippen LogP contribution is 2.11. The zero-order valence-electron chi connectivity index (χ0n) is 12.5. The lowest BCUT2D eigenvalue weighted by Gasteiger charge is -2.09. The number of halogens is 2. The van der Waals surface area contributed by atoms with Crippen molar-refractivity contribution < 1.29 is 22.9 Å². The first kappa shape index (κ1) is 20.3. The normalized spacial score (nSPS) is 11.8. The molecule has 0 bridgehead atoms. The van der Waals surface area contributed by atoms with Crippen LogP contribution in [0.15, 0.2) is 41.6 Å². The summed E-state index contributed by atoms with van der Waals surface area (Å²) in [4.78, 5) is 15.9. The second-order valence-corrected chi connectivity index (χ2v) is 5.04. The van der Waals surface area contributed by atoms with Crippen LogP contribution in [0.25, 0.3) is 10.9 Å². The lowest BCUT2D eigenvalue weighted by molar-refractivity contribution is -0.414. The van der Waals surface area contributed by atoms with E-state index in [0.29, 0.717) is 0 Å². The first-order chi connectivity index (χ1) is 9.58. The molecule has 2 rings (SSSR count). The van der Waals surface area contributed by atoms with Crippen molar-refractivity contribution >= 4 is 35.4 Å². The third-order valence-corrected chi connectivity index (χ3v) is 3.16. The molecule has 1 aromatic carbocycles. The Kier molecular flexibility index (Phi) is 8.63. The molecule has 0 fully saturated rings. The second-order valence-electron chi connectivity index (χ2n) is 5.04. The minimum absolute atomic E-state index is 0. The van der Waals surface area contributed by atoms with Crippen molar-refractivity contribution in [2.24, 2.45) is 11.0 Å². The van der Waals surface area contributed by atoms with Crippen molar-refractivity contribution in [3.8, 4) is 0 Å². The number of hydrazone groups is 1.